The number of ether oxygens (including phenoxy) is 2. The van der Waals surface area contributed by atoms with Crippen LogP contribution in [0.1, 0.15) is 69.3 Å². The van der Waals surface area contributed by atoms with E-state index in [2.05, 4.69) is 15.7 Å². The Morgan fingerprint density at radius 1 is 0.980 bits per heavy atom. The number of rotatable bonds is 13. The number of piperazine rings is 1. The number of benzene rings is 1. The third-order valence-corrected chi connectivity index (χ3v) is 9.17. The minimum Gasteiger partial charge on any atom is -0.467 e. The maximum Gasteiger partial charge on any atom is 0.409 e. The van der Waals surface area contributed by atoms with Gasteiger partial charge in [-0.15, -0.1) is 0 Å². The van der Waals surface area contributed by atoms with Gasteiger partial charge in [0.15, 0.2) is 12.3 Å². The molecule has 1 saturated carbocycles. The van der Waals surface area contributed by atoms with Gasteiger partial charge >= 0.3 is 6.09 Å². The maximum absolute atomic E-state index is 14.8. The third kappa shape index (κ3) is 8.86. The highest BCUT2D eigenvalue weighted by atomic mass is 19.1. The van der Waals surface area contributed by atoms with Gasteiger partial charge in [-0.05, 0) is 57.6 Å². The number of para-hydroxylation sites is 1. The van der Waals surface area contributed by atoms with E-state index in [1.54, 1.807) is 30.3 Å². The number of alkyl halides is 1. The fraction of sp³-hybridized carbons (Fsp3) is 0.588. The predicted molar refractivity (Wildman–Crippen MR) is 176 cm³/mol. The third-order valence-electron chi connectivity index (χ3n) is 9.17. The van der Waals surface area contributed by atoms with Crippen LogP contribution in [-0.4, -0.2) is 124 Å². The molecule has 1 aromatic carbocycles. The lowest BCUT2D eigenvalue weighted by Gasteiger charge is -2.36. The smallest absolute Gasteiger partial charge is 0.409 e. The van der Waals surface area contributed by atoms with Gasteiger partial charge < -0.3 is 34.8 Å². The molecule has 2 aliphatic heterocycles. The number of aromatic nitrogens is 2. The molecule has 5 amide bonds. The Bertz CT molecular complexity index is 1470. The van der Waals surface area contributed by atoms with Crippen LogP contribution in [-0.2, 0) is 19.1 Å². The Labute approximate surface area is 285 Å². The molecule has 3 heterocycles. The second-order valence-electron chi connectivity index (χ2n) is 12.7. The molecule has 3 aliphatic rings. The highest BCUT2D eigenvalue weighted by Crippen LogP contribution is 2.24. The molecule has 0 radical (unpaired) electrons. The standard InChI is InChI=1S/C34H46FN7O7/c1-3-4-20-48-34(47)40-18-16-39(17-19-40)33(46)30(23(2)35)37-31(44)26-21-29(42(38-26)25-12-6-5-7-13-25)49-22-28(43)41-15-9-14-27(41)32(45)36-24-10-8-11-24/h5-7,12-13,21,23-24,27,30H,3-4,8-11,14-20,22H2,1-2H3,(H,36,45)(H,37,44). The topological polar surface area (TPSA) is 155 Å². The molecule has 1 aromatic heterocycles. The number of unbranched alkanes of at least 4 members (excludes halogenated alkanes) is 1. The Morgan fingerprint density at radius 2 is 1.69 bits per heavy atom. The van der Waals surface area contributed by atoms with Crippen LogP contribution >= 0.6 is 0 Å². The first kappa shape index (κ1) is 35.6. The Kier molecular flexibility index (Phi) is 12.1. The molecule has 1 aliphatic carbocycles. The summed E-state index contributed by atoms with van der Waals surface area (Å²) in [7, 11) is 0. The van der Waals surface area contributed by atoms with Crippen molar-refractivity contribution in [3.05, 3.63) is 42.1 Å². The van der Waals surface area contributed by atoms with Gasteiger partial charge in [-0.2, -0.15) is 5.10 Å². The monoisotopic (exact) mass is 683 g/mol. The quantitative estimate of drug-likeness (QED) is 0.305. The molecule has 15 heteroatoms. The van der Waals surface area contributed by atoms with Crippen LogP contribution in [0.2, 0.25) is 0 Å². The van der Waals surface area contributed by atoms with Crippen molar-refractivity contribution in [3.63, 3.8) is 0 Å². The van der Waals surface area contributed by atoms with Crippen LogP contribution in [0.4, 0.5) is 9.18 Å². The summed E-state index contributed by atoms with van der Waals surface area (Å²) in [6.07, 6.45) is 3.73. The number of nitrogens with zero attached hydrogens (tertiary/aromatic N) is 5. The first-order valence-corrected chi connectivity index (χ1v) is 17.2. The van der Waals surface area contributed by atoms with Crippen molar-refractivity contribution < 1.29 is 37.8 Å². The van der Waals surface area contributed by atoms with Crippen LogP contribution < -0.4 is 15.4 Å². The Hall–Kier alpha value is -4.69. The number of likely N-dealkylation sites (tertiary alicyclic amines) is 1. The van der Waals surface area contributed by atoms with Gasteiger partial charge in [-0.3, -0.25) is 19.2 Å². The minimum atomic E-state index is -1.73. The minimum absolute atomic E-state index is 0.0810. The molecule has 3 unspecified atom stereocenters. The molecule has 0 spiro atoms. The van der Waals surface area contributed by atoms with Crippen molar-refractivity contribution in [1.29, 1.82) is 0 Å². The van der Waals surface area contributed by atoms with E-state index in [-0.39, 0.29) is 55.6 Å². The van der Waals surface area contributed by atoms with Crippen molar-refractivity contribution >= 4 is 29.7 Å². The van der Waals surface area contributed by atoms with Crippen LogP contribution in [0.5, 0.6) is 5.88 Å². The van der Waals surface area contributed by atoms with Crippen LogP contribution in [0.15, 0.2) is 36.4 Å². The van der Waals surface area contributed by atoms with Gasteiger partial charge in [0, 0.05) is 44.8 Å². The van der Waals surface area contributed by atoms with Crippen molar-refractivity contribution in [2.24, 2.45) is 0 Å². The molecule has 5 rings (SSSR count). The van der Waals surface area contributed by atoms with Crippen molar-refractivity contribution in [2.75, 3.05) is 45.9 Å². The fourth-order valence-corrected chi connectivity index (χ4v) is 6.03. The van der Waals surface area contributed by atoms with E-state index in [0.717, 1.165) is 32.1 Å². The lowest BCUT2D eigenvalue weighted by Crippen LogP contribution is -2.58. The number of hydrogen-bond donors (Lipinski definition) is 2. The Balaban J connectivity index is 1.23. The van der Waals surface area contributed by atoms with Gasteiger partial charge in [0.2, 0.25) is 17.7 Å². The lowest BCUT2D eigenvalue weighted by molar-refractivity contribution is -0.140. The number of amides is 5. The van der Waals surface area contributed by atoms with E-state index in [0.29, 0.717) is 31.7 Å². The molecular formula is C34H46FN7O7. The normalized spacial score (nSPS) is 19.1. The SMILES string of the molecule is CCCCOC(=O)N1CCN(C(=O)C(NC(=O)c2cc(OCC(=O)N3CCCC3C(=O)NC3CCC3)n(-c3ccccc3)n2)C(C)F)CC1. The number of nitrogens with one attached hydrogen (secondary N) is 2. The van der Waals surface area contributed by atoms with E-state index in [1.807, 2.05) is 6.92 Å². The van der Waals surface area contributed by atoms with E-state index in [4.69, 9.17) is 9.47 Å². The molecule has 0 bridgehead atoms. The molecule has 49 heavy (non-hydrogen) atoms. The van der Waals surface area contributed by atoms with Gasteiger partial charge in [0.1, 0.15) is 18.3 Å². The van der Waals surface area contributed by atoms with Gasteiger partial charge in [-0.1, -0.05) is 31.5 Å². The molecule has 266 valence electrons. The van der Waals surface area contributed by atoms with Gasteiger partial charge in [-0.25, -0.2) is 13.9 Å². The van der Waals surface area contributed by atoms with Crippen molar-refractivity contribution in [3.8, 4) is 11.6 Å². The van der Waals surface area contributed by atoms with E-state index < -0.39 is 42.8 Å². The van der Waals surface area contributed by atoms with Crippen LogP contribution in [0, 0.1) is 0 Å². The summed E-state index contributed by atoms with van der Waals surface area (Å²) in [5.74, 6) is -1.86. The molecule has 2 N–H and O–H groups in total. The molecule has 2 saturated heterocycles. The van der Waals surface area contributed by atoms with Crippen LogP contribution in [0.3, 0.4) is 0 Å². The second kappa shape index (κ2) is 16.6. The number of carbonyl (C=O) groups is 5. The fourth-order valence-electron chi connectivity index (χ4n) is 6.03. The molecule has 3 atom stereocenters. The predicted octanol–water partition coefficient (Wildman–Crippen LogP) is 2.45. The van der Waals surface area contributed by atoms with Crippen LogP contribution in [0.25, 0.3) is 5.69 Å². The van der Waals surface area contributed by atoms with E-state index >= 15 is 0 Å². The summed E-state index contributed by atoms with van der Waals surface area (Å²) < 4.78 is 27.3. The zero-order valence-electron chi connectivity index (χ0n) is 28.1. The summed E-state index contributed by atoms with van der Waals surface area (Å²) in [4.78, 5) is 69.6. The largest absolute Gasteiger partial charge is 0.467 e. The first-order valence-electron chi connectivity index (χ1n) is 17.2. The highest BCUT2D eigenvalue weighted by molar-refractivity contribution is 5.97. The van der Waals surface area contributed by atoms with E-state index in [9.17, 15) is 28.4 Å². The van der Waals surface area contributed by atoms with Gasteiger partial charge in [0.25, 0.3) is 11.8 Å². The molecule has 14 nitrogen and oxygen atoms in total. The number of halogens is 1. The molecular weight excluding hydrogens is 637 g/mol. The average molecular weight is 684 g/mol. The highest BCUT2D eigenvalue weighted by Gasteiger charge is 2.37. The van der Waals surface area contributed by atoms with Crippen molar-refractivity contribution in [2.45, 2.75) is 83.1 Å². The molecule has 3 fully saturated rings. The average Bonchev–Trinajstić information content (AvgIpc) is 3.76. The summed E-state index contributed by atoms with van der Waals surface area (Å²) >= 11 is 0. The first-order chi connectivity index (χ1) is 23.7. The molecule has 2 aromatic rings. The summed E-state index contributed by atoms with van der Waals surface area (Å²) in [5, 5.41) is 9.88. The zero-order valence-corrected chi connectivity index (χ0v) is 28.1. The lowest BCUT2D eigenvalue weighted by atomic mass is 9.93. The van der Waals surface area contributed by atoms with Gasteiger partial charge in [0.05, 0.1) is 12.3 Å². The van der Waals surface area contributed by atoms with Crippen molar-refractivity contribution in [1.82, 2.24) is 35.1 Å². The van der Waals surface area contributed by atoms with E-state index in [1.165, 1.54) is 32.4 Å². The second-order valence-corrected chi connectivity index (χ2v) is 12.7. The number of carbonyl (C=O) groups excluding carboxylic acids is 5. The summed E-state index contributed by atoms with van der Waals surface area (Å²) in [6, 6.07) is 8.25. The number of hydrogen-bond acceptors (Lipinski definition) is 8. The summed E-state index contributed by atoms with van der Waals surface area (Å²) in [6.45, 7) is 4.32. The maximum atomic E-state index is 14.8. The Morgan fingerprint density at radius 3 is 2.35 bits per heavy atom. The summed E-state index contributed by atoms with van der Waals surface area (Å²) in [5.41, 5.74) is 0.392. The zero-order chi connectivity index (χ0) is 34.9.